The third kappa shape index (κ3) is 4.00. The van der Waals surface area contributed by atoms with Gasteiger partial charge < -0.3 is 15.5 Å². The van der Waals surface area contributed by atoms with Gasteiger partial charge in [0.05, 0.1) is 5.56 Å². The largest absolute Gasteiger partial charge is 0.372 e. The second kappa shape index (κ2) is 8.96. The fourth-order valence-corrected chi connectivity index (χ4v) is 6.09. The number of carbonyl (C=O) groups excluding carboxylic acids is 1. The van der Waals surface area contributed by atoms with E-state index in [0.717, 1.165) is 55.3 Å². The molecule has 2 aliphatic rings. The molecule has 1 aromatic heterocycles. The molecule has 6 heteroatoms. The minimum atomic E-state index is -0.193. The van der Waals surface area contributed by atoms with Crippen LogP contribution in [-0.2, 0) is 19.5 Å². The van der Waals surface area contributed by atoms with Gasteiger partial charge in [0, 0.05) is 43.3 Å². The molecular weight excluding hydrogens is 416 g/mol. The zero-order valence-electron chi connectivity index (χ0n) is 18.7. The van der Waals surface area contributed by atoms with Crippen LogP contribution in [0.2, 0.25) is 0 Å². The summed E-state index contributed by atoms with van der Waals surface area (Å²) in [6.45, 7) is 9.14. The zero-order valence-corrected chi connectivity index (χ0v) is 19.5. The maximum absolute atomic E-state index is 13.1. The quantitative estimate of drug-likeness (QED) is 0.559. The molecule has 2 aliphatic heterocycles. The molecule has 0 radical (unpaired) electrons. The maximum atomic E-state index is 13.1. The minimum absolute atomic E-state index is 0.0468. The second-order valence-corrected chi connectivity index (χ2v) is 9.57. The summed E-state index contributed by atoms with van der Waals surface area (Å²) in [5.41, 5.74) is 5.72. The maximum Gasteiger partial charge on any atom is 0.256 e. The lowest BCUT2D eigenvalue weighted by Gasteiger charge is -2.29. The van der Waals surface area contributed by atoms with Crippen molar-refractivity contribution in [2.75, 3.05) is 29.9 Å². The summed E-state index contributed by atoms with van der Waals surface area (Å²) < 4.78 is 0. The van der Waals surface area contributed by atoms with E-state index in [1.54, 1.807) is 11.3 Å². The molecule has 2 aromatic carbocycles. The molecule has 1 amide bonds. The molecule has 0 saturated carbocycles. The van der Waals surface area contributed by atoms with Gasteiger partial charge in [0.25, 0.3) is 5.91 Å². The van der Waals surface area contributed by atoms with Crippen molar-refractivity contribution in [3.63, 3.8) is 0 Å². The van der Waals surface area contributed by atoms with Crippen LogP contribution in [0.1, 0.15) is 51.9 Å². The number of amides is 1. The Kier molecular flexibility index (Phi) is 5.89. The van der Waals surface area contributed by atoms with Gasteiger partial charge in [0.1, 0.15) is 11.2 Å². The summed E-state index contributed by atoms with van der Waals surface area (Å²) >= 11 is 1.75. The van der Waals surface area contributed by atoms with Gasteiger partial charge in [-0.25, -0.2) is 0 Å². The predicted molar refractivity (Wildman–Crippen MR) is 132 cm³/mol. The number of hydrogen-bond acceptors (Lipinski definition) is 5. The topological polar surface area (TPSA) is 47.6 Å². The zero-order chi connectivity index (χ0) is 22.1. The first-order chi connectivity index (χ1) is 15.7. The van der Waals surface area contributed by atoms with Gasteiger partial charge in [0.15, 0.2) is 0 Å². The summed E-state index contributed by atoms with van der Waals surface area (Å²) in [4.78, 5) is 19.2. The van der Waals surface area contributed by atoms with Gasteiger partial charge in [-0.05, 0) is 49.1 Å². The Labute approximate surface area is 194 Å². The molecule has 5 rings (SSSR count). The van der Waals surface area contributed by atoms with Crippen molar-refractivity contribution >= 4 is 27.9 Å². The first-order valence-electron chi connectivity index (χ1n) is 11.5. The van der Waals surface area contributed by atoms with Gasteiger partial charge in [-0.1, -0.05) is 42.5 Å². The van der Waals surface area contributed by atoms with E-state index >= 15 is 0 Å². The van der Waals surface area contributed by atoms with Crippen molar-refractivity contribution in [1.29, 1.82) is 0 Å². The number of rotatable bonds is 6. The van der Waals surface area contributed by atoms with Crippen molar-refractivity contribution in [2.45, 2.75) is 39.5 Å². The molecule has 1 atom stereocenters. The van der Waals surface area contributed by atoms with Crippen LogP contribution >= 0.6 is 11.3 Å². The Morgan fingerprint density at radius 1 is 1.03 bits per heavy atom. The second-order valence-electron chi connectivity index (χ2n) is 8.47. The van der Waals surface area contributed by atoms with Crippen LogP contribution in [0.25, 0.3) is 0 Å². The fourth-order valence-electron chi connectivity index (χ4n) is 4.78. The molecule has 3 aromatic rings. The molecule has 32 heavy (non-hydrogen) atoms. The molecule has 166 valence electrons. The van der Waals surface area contributed by atoms with Gasteiger partial charge in [0.2, 0.25) is 0 Å². The number of hydrogen-bond donors (Lipinski definition) is 2. The van der Waals surface area contributed by atoms with Crippen LogP contribution in [0.4, 0.5) is 10.7 Å². The molecule has 5 nitrogen and oxygen atoms in total. The molecule has 3 heterocycles. The smallest absolute Gasteiger partial charge is 0.256 e. The van der Waals surface area contributed by atoms with Crippen molar-refractivity contribution in [2.24, 2.45) is 0 Å². The molecule has 0 spiro atoms. The summed E-state index contributed by atoms with van der Waals surface area (Å²) in [5.74, 6) is 0.0468. The van der Waals surface area contributed by atoms with E-state index in [-0.39, 0.29) is 12.1 Å². The number of nitrogens with one attached hydrogen (secondary N) is 2. The highest BCUT2D eigenvalue weighted by Gasteiger charge is 2.33. The number of thiophene rings is 1. The third-order valence-electron chi connectivity index (χ3n) is 6.52. The fraction of sp³-hybridized carbons (Fsp3) is 0.346. The van der Waals surface area contributed by atoms with Gasteiger partial charge in [-0.2, -0.15) is 0 Å². The van der Waals surface area contributed by atoms with E-state index in [2.05, 4.69) is 88.9 Å². The van der Waals surface area contributed by atoms with E-state index in [9.17, 15) is 4.79 Å². The van der Waals surface area contributed by atoms with E-state index in [1.165, 1.54) is 21.7 Å². The number of nitrogens with zero attached hydrogens (tertiary/aromatic N) is 2. The van der Waals surface area contributed by atoms with E-state index in [0.29, 0.717) is 0 Å². The Bertz CT molecular complexity index is 1090. The van der Waals surface area contributed by atoms with Gasteiger partial charge >= 0.3 is 0 Å². The normalized spacial score (nSPS) is 17.8. The van der Waals surface area contributed by atoms with E-state index in [4.69, 9.17) is 0 Å². The number of fused-ring (bicyclic) bond motifs is 3. The van der Waals surface area contributed by atoms with Crippen LogP contribution in [-0.4, -0.2) is 30.4 Å². The molecule has 0 aliphatic carbocycles. The Hall–Kier alpha value is -2.83. The highest BCUT2D eigenvalue weighted by atomic mass is 32.1. The molecular formula is C26H30N4OS. The Morgan fingerprint density at radius 2 is 1.78 bits per heavy atom. The van der Waals surface area contributed by atoms with Crippen molar-refractivity contribution in [1.82, 2.24) is 10.2 Å². The van der Waals surface area contributed by atoms with Crippen LogP contribution in [0, 0.1) is 0 Å². The highest BCUT2D eigenvalue weighted by Crippen LogP contribution is 2.41. The molecule has 1 unspecified atom stereocenters. The molecule has 2 N–H and O–H groups in total. The molecule has 0 bridgehead atoms. The summed E-state index contributed by atoms with van der Waals surface area (Å²) in [6, 6.07) is 19.1. The predicted octanol–water partition coefficient (Wildman–Crippen LogP) is 5.01. The highest BCUT2D eigenvalue weighted by molar-refractivity contribution is 7.16. The summed E-state index contributed by atoms with van der Waals surface area (Å²) in [5, 5.41) is 7.79. The van der Waals surface area contributed by atoms with Crippen LogP contribution < -0.4 is 15.5 Å². The lowest BCUT2D eigenvalue weighted by Crippen LogP contribution is -2.38. The first kappa shape index (κ1) is 21.0. The molecule has 0 saturated heterocycles. The number of carbonyl (C=O) groups is 1. The standard InChI is InChI=1S/C26H30N4OS/c1-3-30(4-2)20-12-10-19(11-13-20)24-27-25(31)23-21-14-15-29(16-18-8-6-5-7-9-18)17-22(21)32-26(23)28-24/h5-13,24,28H,3-4,14-17H2,1-2H3,(H,27,31). The third-order valence-corrected chi connectivity index (χ3v) is 7.67. The van der Waals surface area contributed by atoms with Gasteiger partial charge in [-0.3, -0.25) is 9.69 Å². The first-order valence-corrected chi connectivity index (χ1v) is 12.3. The van der Waals surface area contributed by atoms with Crippen LogP contribution in [0.15, 0.2) is 54.6 Å². The average Bonchev–Trinajstić information content (AvgIpc) is 3.19. The minimum Gasteiger partial charge on any atom is -0.372 e. The monoisotopic (exact) mass is 446 g/mol. The SMILES string of the molecule is CCN(CC)c1ccc(C2NC(=O)c3c(sc4c3CCN(Cc3ccccc3)C4)N2)cc1. The van der Waals surface area contributed by atoms with Crippen molar-refractivity contribution < 1.29 is 4.79 Å². The summed E-state index contributed by atoms with van der Waals surface area (Å²) in [7, 11) is 0. The van der Waals surface area contributed by atoms with Crippen molar-refractivity contribution in [3.8, 4) is 0 Å². The number of benzene rings is 2. The lowest BCUT2D eigenvalue weighted by atomic mass is 10.00. The lowest BCUT2D eigenvalue weighted by molar-refractivity contribution is 0.0934. The van der Waals surface area contributed by atoms with Crippen LogP contribution in [0.5, 0.6) is 0 Å². The Balaban J connectivity index is 1.33. The molecule has 0 fully saturated rings. The van der Waals surface area contributed by atoms with Gasteiger partial charge in [-0.15, -0.1) is 11.3 Å². The van der Waals surface area contributed by atoms with E-state index < -0.39 is 0 Å². The van der Waals surface area contributed by atoms with Crippen LogP contribution in [0.3, 0.4) is 0 Å². The average molecular weight is 447 g/mol. The Morgan fingerprint density at radius 3 is 2.50 bits per heavy atom. The number of anilines is 2. The van der Waals surface area contributed by atoms with E-state index in [1.807, 2.05) is 0 Å². The summed E-state index contributed by atoms with van der Waals surface area (Å²) in [6.07, 6.45) is 0.730. The van der Waals surface area contributed by atoms with Crippen molar-refractivity contribution in [3.05, 3.63) is 81.7 Å².